The van der Waals surface area contributed by atoms with Gasteiger partial charge in [-0.1, -0.05) is 37.9 Å². The van der Waals surface area contributed by atoms with Gasteiger partial charge in [0.15, 0.2) is 0 Å². The number of hydrogen-bond donors (Lipinski definition) is 1. The molecule has 1 saturated carbocycles. The first kappa shape index (κ1) is 15.7. The van der Waals surface area contributed by atoms with Crippen molar-refractivity contribution >= 4 is 11.6 Å². The van der Waals surface area contributed by atoms with Gasteiger partial charge in [-0.2, -0.15) is 0 Å². The van der Waals surface area contributed by atoms with Gasteiger partial charge in [0.2, 0.25) is 0 Å². The van der Waals surface area contributed by atoms with Crippen molar-refractivity contribution in [1.29, 1.82) is 0 Å². The Balaban J connectivity index is 2.21. The van der Waals surface area contributed by atoms with E-state index in [-0.39, 0.29) is 0 Å². The molecule has 3 heteroatoms. The molecule has 2 unspecified atom stereocenters. The molecule has 0 radical (unpaired) electrons. The zero-order chi connectivity index (χ0) is 14.8. The van der Waals surface area contributed by atoms with Crippen molar-refractivity contribution in [3.05, 3.63) is 28.8 Å². The number of halogens is 1. The lowest BCUT2D eigenvalue weighted by Gasteiger charge is -2.38. The second-order valence-corrected chi connectivity index (χ2v) is 6.88. The van der Waals surface area contributed by atoms with Gasteiger partial charge in [-0.25, -0.2) is 0 Å². The Morgan fingerprint density at radius 1 is 1.45 bits per heavy atom. The van der Waals surface area contributed by atoms with Crippen LogP contribution in [0.15, 0.2) is 18.2 Å². The molecule has 0 amide bonds. The topological polar surface area (TPSA) is 29.5 Å². The van der Waals surface area contributed by atoms with Crippen molar-refractivity contribution in [1.82, 2.24) is 0 Å². The first-order chi connectivity index (χ1) is 9.44. The van der Waals surface area contributed by atoms with Crippen molar-refractivity contribution < 1.29 is 9.84 Å². The third-order valence-corrected chi connectivity index (χ3v) is 4.63. The number of hydrogen-bond acceptors (Lipinski definition) is 2. The molecule has 0 bridgehead atoms. The number of methoxy groups -OCH3 is 1. The Morgan fingerprint density at radius 3 is 2.85 bits per heavy atom. The van der Waals surface area contributed by atoms with Gasteiger partial charge in [-0.15, -0.1) is 0 Å². The standard InChI is InChI=1S/C17H25ClO2/c1-12(2)9-13-5-4-8-17(19,11-13)14-6-7-15(18)16(10-14)20-3/h6-7,10,12-13,19H,4-5,8-9,11H2,1-3H3. The van der Waals surface area contributed by atoms with Crippen LogP contribution in [0.2, 0.25) is 5.02 Å². The van der Waals surface area contributed by atoms with Crippen LogP contribution in [0.1, 0.15) is 51.5 Å². The zero-order valence-corrected chi connectivity index (χ0v) is 13.4. The molecule has 0 saturated heterocycles. The van der Waals surface area contributed by atoms with E-state index in [0.717, 1.165) is 24.8 Å². The van der Waals surface area contributed by atoms with E-state index in [1.165, 1.54) is 12.8 Å². The van der Waals surface area contributed by atoms with Crippen LogP contribution >= 0.6 is 11.6 Å². The third kappa shape index (κ3) is 3.48. The minimum atomic E-state index is -0.727. The van der Waals surface area contributed by atoms with E-state index in [4.69, 9.17) is 16.3 Å². The minimum Gasteiger partial charge on any atom is -0.495 e. The molecular weight excluding hydrogens is 272 g/mol. The van der Waals surface area contributed by atoms with E-state index in [2.05, 4.69) is 13.8 Å². The molecule has 1 aliphatic carbocycles. The van der Waals surface area contributed by atoms with Gasteiger partial charge in [0.25, 0.3) is 0 Å². The summed E-state index contributed by atoms with van der Waals surface area (Å²) in [5.74, 6) is 1.93. The molecule has 1 aliphatic rings. The average molecular weight is 297 g/mol. The molecule has 1 N–H and O–H groups in total. The molecule has 2 rings (SSSR count). The largest absolute Gasteiger partial charge is 0.495 e. The van der Waals surface area contributed by atoms with Crippen molar-refractivity contribution in [3.63, 3.8) is 0 Å². The molecule has 2 atom stereocenters. The van der Waals surface area contributed by atoms with Crippen molar-refractivity contribution in [2.45, 2.75) is 51.6 Å². The summed E-state index contributed by atoms with van der Waals surface area (Å²) in [6, 6.07) is 5.64. The monoisotopic (exact) mass is 296 g/mol. The van der Waals surface area contributed by atoms with E-state index in [1.54, 1.807) is 7.11 Å². The summed E-state index contributed by atoms with van der Waals surface area (Å²) in [5, 5.41) is 11.6. The summed E-state index contributed by atoms with van der Waals surface area (Å²) in [5.41, 5.74) is 0.211. The molecule has 1 aromatic carbocycles. The van der Waals surface area contributed by atoms with Crippen LogP contribution < -0.4 is 4.74 Å². The Bertz CT molecular complexity index is 458. The van der Waals surface area contributed by atoms with E-state index in [1.807, 2.05) is 18.2 Å². The van der Waals surface area contributed by atoms with Crippen LogP contribution in [-0.2, 0) is 5.60 Å². The van der Waals surface area contributed by atoms with Gasteiger partial charge in [-0.05, 0) is 55.2 Å². The summed E-state index contributed by atoms with van der Waals surface area (Å²) in [6.07, 6.45) is 5.17. The summed E-state index contributed by atoms with van der Waals surface area (Å²) in [4.78, 5) is 0. The Kier molecular flexibility index (Phi) is 4.98. The SMILES string of the molecule is COc1cc(C2(O)CCCC(CC(C)C)C2)ccc1Cl. The molecule has 20 heavy (non-hydrogen) atoms. The summed E-state index contributed by atoms with van der Waals surface area (Å²) in [6.45, 7) is 4.50. The van der Waals surface area contributed by atoms with Crippen molar-refractivity contribution in [3.8, 4) is 5.75 Å². The molecule has 1 aromatic rings. The first-order valence-corrected chi connectivity index (χ1v) is 7.89. The predicted octanol–water partition coefficient (Wildman–Crippen LogP) is 4.77. The highest BCUT2D eigenvalue weighted by Crippen LogP contribution is 2.43. The van der Waals surface area contributed by atoms with Crippen molar-refractivity contribution in [2.75, 3.05) is 7.11 Å². The highest BCUT2D eigenvalue weighted by Gasteiger charge is 2.36. The van der Waals surface area contributed by atoms with Gasteiger partial charge in [0.1, 0.15) is 5.75 Å². The molecule has 0 heterocycles. The fourth-order valence-corrected chi connectivity index (χ4v) is 3.64. The zero-order valence-electron chi connectivity index (χ0n) is 12.7. The second-order valence-electron chi connectivity index (χ2n) is 6.47. The molecule has 112 valence electrons. The second kappa shape index (κ2) is 6.36. The maximum Gasteiger partial charge on any atom is 0.137 e. The lowest BCUT2D eigenvalue weighted by molar-refractivity contribution is -0.0246. The molecular formula is C17H25ClO2. The van der Waals surface area contributed by atoms with Crippen molar-refractivity contribution in [2.24, 2.45) is 11.8 Å². The van der Waals surface area contributed by atoms with Crippen LogP contribution in [0.25, 0.3) is 0 Å². The van der Waals surface area contributed by atoms with Gasteiger partial charge >= 0.3 is 0 Å². The normalized spacial score (nSPS) is 26.8. The third-order valence-electron chi connectivity index (χ3n) is 4.32. The number of ether oxygens (including phenoxy) is 1. The average Bonchev–Trinajstić information content (AvgIpc) is 2.38. The van der Waals surface area contributed by atoms with Gasteiger partial charge in [0, 0.05) is 0 Å². The van der Waals surface area contributed by atoms with Crippen LogP contribution in [0, 0.1) is 11.8 Å². The number of rotatable bonds is 4. The molecule has 0 spiro atoms. The molecule has 0 aromatic heterocycles. The Labute approximate surface area is 127 Å². The first-order valence-electron chi connectivity index (χ1n) is 7.51. The number of aliphatic hydroxyl groups is 1. The fraction of sp³-hybridized carbons (Fsp3) is 0.647. The lowest BCUT2D eigenvalue weighted by Crippen LogP contribution is -2.33. The summed E-state index contributed by atoms with van der Waals surface area (Å²) in [7, 11) is 1.61. The maximum atomic E-state index is 11.0. The summed E-state index contributed by atoms with van der Waals surface area (Å²) >= 11 is 6.07. The van der Waals surface area contributed by atoms with E-state index < -0.39 is 5.60 Å². The Hall–Kier alpha value is -0.730. The fourth-order valence-electron chi connectivity index (χ4n) is 3.44. The van der Waals surface area contributed by atoms with Crippen LogP contribution in [0.3, 0.4) is 0 Å². The molecule has 1 fully saturated rings. The van der Waals surface area contributed by atoms with E-state index in [0.29, 0.717) is 22.6 Å². The quantitative estimate of drug-likeness (QED) is 0.867. The van der Waals surface area contributed by atoms with Crippen LogP contribution in [-0.4, -0.2) is 12.2 Å². The van der Waals surface area contributed by atoms with Crippen LogP contribution in [0.4, 0.5) is 0 Å². The predicted molar refractivity (Wildman–Crippen MR) is 83.3 cm³/mol. The molecule has 2 nitrogen and oxygen atoms in total. The van der Waals surface area contributed by atoms with E-state index in [9.17, 15) is 5.11 Å². The van der Waals surface area contributed by atoms with Crippen LogP contribution in [0.5, 0.6) is 5.75 Å². The van der Waals surface area contributed by atoms with Gasteiger partial charge in [-0.3, -0.25) is 0 Å². The smallest absolute Gasteiger partial charge is 0.137 e. The number of benzene rings is 1. The Morgan fingerprint density at radius 2 is 2.20 bits per heavy atom. The van der Waals surface area contributed by atoms with Gasteiger partial charge in [0.05, 0.1) is 17.7 Å². The molecule has 0 aliphatic heterocycles. The van der Waals surface area contributed by atoms with E-state index >= 15 is 0 Å². The summed E-state index contributed by atoms with van der Waals surface area (Å²) < 4.78 is 5.27. The lowest BCUT2D eigenvalue weighted by atomic mass is 9.72. The maximum absolute atomic E-state index is 11.0. The highest BCUT2D eigenvalue weighted by atomic mass is 35.5. The highest BCUT2D eigenvalue weighted by molar-refractivity contribution is 6.32. The van der Waals surface area contributed by atoms with Gasteiger partial charge < -0.3 is 9.84 Å². The minimum absolute atomic E-state index is 0.592.